The molecule has 1 aromatic heterocycles. The molecule has 1 heterocycles. The van der Waals surface area contributed by atoms with Crippen molar-refractivity contribution in [2.24, 2.45) is 0 Å². The fourth-order valence-corrected chi connectivity index (χ4v) is 2.84. The van der Waals surface area contributed by atoms with E-state index in [1.54, 1.807) is 60.8 Å². The second kappa shape index (κ2) is 9.56. The summed E-state index contributed by atoms with van der Waals surface area (Å²) in [4.78, 5) is 36.4. The maximum atomic E-state index is 12.4. The van der Waals surface area contributed by atoms with Gasteiger partial charge in [-0.3, -0.25) is 14.4 Å². The molecule has 0 saturated heterocycles. The quantitative estimate of drug-likeness (QED) is 0.630. The average molecular weight is 405 g/mol. The van der Waals surface area contributed by atoms with E-state index in [0.29, 0.717) is 23.5 Å². The SMILES string of the molecule is CCOc1ccc(NC(=O)c2ccc(NC(=O)Cn3cc(C)ccc3=O)cc2)cc1. The van der Waals surface area contributed by atoms with E-state index in [2.05, 4.69) is 10.6 Å². The zero-order valence-corrected chi connectivity index (χ0v) is 16.8. The van der Waals surface area contributed by atoms with E-state index in [4.69, 9.17) is 4.74 Å². The number of benzene rings is 2. The summed E-state index contributed by atoms with van der Waals surface area (Å²) in [6.07, 6.45) is 1.64. The summed E-state index contributed by atoms with van der Waals surface area (Å²) in [5.74, 6) is 0.154. The number of anilines is 2. The molecule has 0 aliphatic carbocycles. The van der Waals surface area contributed by atoms with Crippen molar-refractivity contribution in [3.63, 3.8) is 0 Å². The number of ether oxygens (including phenoxy) is 1. The molecule has 7 nitrogen and oxygen atoms in total. The van der Waals surface area contributed by atoms with E-state index >= 15 is 0 Å². The maximum Gasteiger partial charge on any atom is 0.255 e. The molecule has 3 rings (SSSR count). The third kappa shape index (κ3) is 5.57. The van der Waals surface area contributed by atoms with Crippen LogP contribution in [0.5, 0.6) is 5.75 Å². The minimum absolute atomic E-state index is 0.0828. The molecular weight excluding hydrogens is 382 g/mol. The van der Waals surface area contributed by atoms with Gasteiger partial charge in [-0.15, -0.1) is 0 Å². The molecular formula is C23H23N3O4. The topological polar surface area (TPSA) is 89.4 Å². The number of hydrogen-bond donors (Lipinski definition) is 2. The second-order valence-electron chi connectivity index (χ2n) is 6.71. The van der Waals surface area contributed by atoms with Crippen LogP contribution in [0.4, 0.5) is 11.4 Å². The summed E-state index contributed by atoms with van der Waals surface area (Å²) in [5, 5.41) is 5.54. The highest BCUT2D eigenvalue weighted by Gasteiger charge is 2.09. The minimum atomic E-state index is -0.325. The Kier molecular flexibility index (Phi) is 6.64. The van der Waals surface area contributed by atoms with Gasteiger partial charge in [0.25, 0.3) is 11.5 Å². The van der Waals surface area contributed by atoms with E-state index in [1.165, 1.54) is 10.6 Å². The smallest absolute Gasteiger partial charge is 0.255 e. The lowest BCUT2D eigenvalue weighted by Crippen LogP contribution is -2.26. The number of carbonyl (C=O) groups is 2. The third-order valence-corrected chi connectivity index (χ3v) is 4.30. The third-order valence-electron chi connectivity index (χ3n) is 4.30. The summed E-state index contributed by atoms with van der Waals surface area (Å²) in [5.41, 5.74) is 2.31. The normalized spacial score (nSPS) is 10.3. The Bertz CT molecular complexity index is 1090. The molecule has 154 valence electrons. The molecule has 0 bridgehead atoms. The predicted molar refractivity (Wildman–Crippen MR) is 116 cm³/mol. The maximum absolute atomic E-state index is 12.4. The Hall–Kier alpha value is -3.87. The first-order valence-corrected chi connectivity index (χ1v) is 9.56. The monoisotopic (exact) mass is 405 g/mol. The highest BCUT2D eigenvalue weighted by Crippen LogP contribution is 2.17. The average Bonchev–Trinajstić information content (AvgIpc) is 2.73. The number of amides is 2. The van der Waals surface area contributed by atoms with Crippen LogP contribution in [-0.4, -0.2) is 23.0 Å². The molecule has 0 unspecified atom stereocenters. The predicted octanol–water partition coefficient (Wildman–Crippen LogP) is 3.45. The van der Waals surface area contributed by atoms with Crippen molar-refractivity contribution < 1.29 is 14.3 Å². The number of nitrogens with one attached hydrogen (secondary N) is 2. The number of aromatic nitrogens is 1. The number of rotatable bonds is 7. The first-order chi connectivity index (χ1) is 14.4. The molecule has 0 spiro atoms. The van der Waals surface area contributed by atoms with Crippen LogP contribution in [0.15, 0.2) is 71.7 Å². The van der Waals surface area contributed by atoms with Crippen LogP contribution in [0.2, 0.25) is 0 Å². The minimum Gasteiger partial charge on any atom is -0.494 e. The molecule has 7 heteroatoms. The Morgan fingerprint density at radius 3 is 2.20 bits per heavy atom. The van der Waals surface area contributed by atoms with Gasteiger partial charge in [-0.05, 0) is 67.9 Å². The molecule has 0 aliphatic rings. The number of aryl methyl sites for hydroxylation is 1. The fraction of sp³-hybridized carbons (Fsp3) is 0.174. The van der Waals surface area contributed by atoms with E-state index in [-0.39, 0.29) is 23.9 Å². The van der Waals surface area contributed by atoms with Gasteiger partial charge in [0.2, 0.25) is 5.91 Å². The van der Waals surface area contributed by atoms with Crippen molar-refractivity contribution >= 4 is 23.2 Å². The van der Waals surface area contributed by atoms with Crippen LogP contribution >= 0.6 is 0 Å². The van der Waals surface area contributed by atoms with E-state index in [0.717, 1.165) is 11.3 Å². The van der Waals surface area contributed by atoms with Gasteiger partial charge in [0, 0.05) is 29.2 Å². The van der Waals surface area contributed by atoms with Crippen molar-refractivity contribution in [1.82, 2.24) is 4.57 Å². The second-order valence-corrected chi connectivity index (χ2v) is 6.71. The van der Waals surface area contributed by atoms with Gasteiger partial charge in [0.15, 0.2) is 0 Å². The van der Waals surface area contributed by atoms with Gasteiger partial charge in [0.1, 0.15) is 12.3 Å². The highest BCUT2D eigenvalue weighted by molar-refractivity contribution is 6.04. The Balaban J connectivity index is 1.58. The first kappa shape index (κ1) is 20.9. The van der Waals surface area contributed by atoms with Gasteiger partial charge in [0.05, 0.1) is 6.61 Å². The van der Waals surface area contributed by atoms with Crippen molar-refractivity contribution in [1.29, 1.82) is 0 Å². The van der Waals surface area contributed by atoms with Gasteiger partial charge in [-0.2, -0.15) is 0 Å². The molecule has 0 atom stereocenters. The summed E-state index contributed by atoms with van der Waals surface area (Å²) in [7, 11) is 0. The fourth-order valence-electron chi connectivity index (χ4n) is 2.84. The van der Waals surface area contributed by atoms with Crippen molar-refractivity contribution in [2.45, 2.75) is 20.4 Å². The van der Waals surface area contributed by atoms with E-state index in [1.807, 2.05) is 13.8 Å². The van der Waals surface area contributed by atoms with Crippen molar-refractivity contribution in [3.05, 3.63) is 88.3 Å². The number of nitrogens with zero attached hydrogens (tertiary/aromatic N) is 1. The van der Waals surface area contributed by atoms with Crippen molar-refractivity contribution in [2.75, 3.05) is 17.2 Å². The first-order valence-electron chi connectivity index (χ1n) is 9.56. The van der Waals surface area contributed by atoms with Gasteiger partial charge < -0.3 is 19.9 Å². The van der Waals surface area contributed by atoms with Crippen LogP contribution in [-0.2, 0) is 11.3 Å². The zero-order chi connectivity index (χ0) is 21.5. The van der Waals surface area contributed by atoms with Gasteiger partial charge >= 0.3 is 0 Å². The van der Waals surface area contributed by atoms with Crippen LogP contribution < -0.4 is 20.9 Å². The van der Waals surface area contributed by atoms with Crippen molar-refractivity contribution in [3.8, 4) is 5.75 Å². The summed E-state index contributed by atoms with van der Waals surface area (Å²) >= 11 is 0. The number of pyridine rings is 1. The summed E-state index contributed by atoms with van der Waals surface area (Å²) < 4.78 is 6.73. The van der Waals surface area contributed by atoms with Gasteiger partial charge in [-0.1, -0.05) is 6.07 Å². The molecule has 2 N–H and O–H groups in total. The molecule has 0 radical (unpaired) electrons. The molecule has 3 aromatic rings. The number of carbonyl (C=O) groups excluding carboxylic acids is 2. The van der Waals surface area contributed by atoms with Crippen LogP contribution in [0.3, 0.4) is 0 Å². The summed E-state index contributed by atoms with van der Waals surface area (Å²) in [6, 6.07) is 16.8. The van der Waals surface area contributed by atoms with Crippen LogP contribution in [0, 0.1) is 6.92 Å². The molecule has 30 heavy (non-hydrogen) atoms. The lowest BCUT2D eigenvalue weighted by Gasteiger charge is -2.09. The van der Waals surface area contributed by atoms with Crippen LogP contribution in [0.25, 0.3) is 0 Å². The van der Waals surface area contributed by atoms with E-state index in [9.17, 15) is 14.4 Å². The Morgan fingerprint density at radius 2 is 1.53 bits per heavy atom. The highest BCUT2D eigenvalue weighted by atomic mass is 16.5. The molecule has 0 saturated carbocycles. The largest absolute Gasteiger partial charge is 0.494 e. The molecule has 2 aromatic carbocycles. The number of hydrogen-bond acceptors (Lipinski definition) is 4. The lowest BCUT2D eigenvalue weighted by molar-refractivity contribution is -0.116. The summed E-state index contributed by atoms with van der Waals surface area (Å²) in [6.45, 7) is 4.26. The lowest BCUT2D eigenvalue weighted by atomic mass is 10.2. The molecule has 0 aliphatic heterocycles. The molecule has 2 amide bonds. The van der Waals surface area contributed by atoms with Gasteiger partial charge in [-0.25, -0.2) is 0 Å². The Morgan fingerprint density at radius 1 is 0.900 bits per heavy atom. The van der Waals surface area contributed by atoms with Crippen LogP contribution in [0.1, 0.15) is 22.8 Å². The Labute approximate surface area is 174 Å². The van der Waals surface area contributed by atoms with E-state index < -0.39 is 0 Å². The molecule has 0 fully saturated rings. The standard InChI is InChI=1S/C23H23N3O4/c1-3-30-20-11-9-19(10-12-20)25-23(29)17-5-7-18(8-6-17)24-21(27)15-26-14-16(2)4-13-22(26)28/h4-14H,3,15H2,1-2H3,(H,24,27)(H,25,29). The zero-order valence-electron chi connectivity index (χ0n) is 16.8.